The van der Waals surface area contributed by atoms with E-state index in [0.29, 0.717) is 37.7 Å². The first-order valence-electron chi connectivity index (χ1n) is 11.9. The fourth-order valence-corrected chi connectivity index (χ4v) is 5.25. The van der Waals surface area contributed by atoms with E-state index in [2.05, 4.69) is 16.2 Å². The summed E-state index contributed by atoms with van der Waals surface area (Å²) in [6.07, 6.45) is 9.45. The van der Waals surface area contributed by atoms with Gasteiger partial charge in [0.15, 0.2) is 5.82 Å². The molecule has 0 bridgehead atoms. The van der Waals surface area contributed by atoms with Crippen LogP contribution >= 0.6 is 0 Å². The first-order valence-corrected chi connectivity index (χ1v) is 11.9. The van der Waals surface area contributed by atoms with Crippen molar-refractivity contribution in [2.24, 2.45) is 0 Å². The Morgan fingerprint density at radius 2 is 1.94 bits per heavy atom. The number of hydrogen-bond donors (Lipinski definition) is 0. The first-order chi connectivity index (χ1) is 16.2. The van der Waals surface area contributed by atoms with Crippen LogP contribution in [0.4, 0.5) is 0 Å². The van der Waals surface area contributed by atoms with Crippen LogP contribution in [0.1, 0.15) is 72.7 Å². The maximum absolute atomic E-state index is 13.2. The maximum atomic E-state index is 13.2. The minimum absolute atomic E-state index is 0.0212. The van der Waals surface area contributed by atoms with Crippen LogP contribution in [0.15, 0.2) is 53.3 Å². The van der Waals surface area contributed by atoms with E-state index in [4.69, 9.17) is 14.2 Å². The molecule has 0 spiro atoms. The van der Waals surface area contributed by atoms with Crippen molar-refractivity contribution in [1.29, 1.82) is 0 Å². The van der Waals surface area contributed by atoms with Gasteiger partial charge >= 0.3 is 0 Å². The molecule has 0 radical (unpaired) electrons. The molecule has 0 N–H and O–H groups in total. The van der Waals surface area contributed by atoms with Crippen molar-refractivity contribution < 1.29 is 14.1 Å². The zero-order valence-electron chi connectivity index (χ0n) is 19.0. The third-order valence-electron chi connectivity index (χ3n) is 7.08. The number of ether oxygens (including phenoxy) is 1. The van der Waals surface area contributed by atoms with Crippen molar-refractivity contribution in [3.8, 4) is 5.75 Å². The van der Waals surface area contributed by atoms with Crippen LogP contribution in [0.3, 0.4) is 0 Å². The lowest BCUT2D eigenvalue weighted by Gasteiger charge is -2.17. The highest BCUT2D eigenvalue weighted by Crippen LogP contribution is 2.40. The van der Waals surface area contributed by atoms with Gasteiger partial charge in [-0.25, -0.2) is 0 Å². The molecule has 2 aromatic heterocycles. The molecule has 7 heteroatoms. The van der Waals surface area contributed by atoms with Gasteiger partial charge in [-0.3, -0.25) is 9.78 Å². The van der Waals surface area contributed by atoms with Gasteiger partial charge in [0.2, 0.25) is 11.8 Å². The Balaban J connectivity index is 1.33. The number of hydrogen-bond acceptors (Lipinski definition) is 6. The second-order valence-electron chi connectivity index (χ2n) is 9.08. The molecule has 172 valence electrons. The highest BCUT2D eigenvalue weighted by molar-refractivity contribution is 5.77. The van der Waals surface area contributed by atoms with E-state index in [-0.39, 0.29) is 17.7 Å². The Labute approximate surface area is 194 Å². The number of benzene rings is 1. The number of aromatic nitrogens is 3. The fraction of sp³-hybridized carbons (Fsp3) is 0.462. The second-order valence-corrected chi connectivity index (χ2v) is 9.08. The third kappa shape index (κ3) is 4.63. The summed E-state index contributed by atoms with van der Waals surface area (Å²) in [6, 6.07) is 11.9. The zero-order valence-corrected chi connectivity index (χ0v) is 19.0. The molecular weight excluding hydrogens is 416 g/mol. The standard InChI is InChI=1S/C26H30N4O3/c1-32-23-11-5-4-7-18(23)12-13-24(31)30-16-21(20-10-6-14-27-15-20)22(17-30)26-28-25(29-33-26)19-8-2-3-9-19/h4-7,10-11,14-15,19,21-22H,2-3,8-9,12-13,16-17H2,1H3/t21-,22+/m0/s1. The summed E-state index contributed by atoms with van der Waals surface area (Å²) < 4.78 is 11.2. The summed E-state index contributed by atoms with van der Waals surface area (Å²) in [5, 5.41) is 4.32. The van der Waals surface area contributed by atoms with Gasteiger partial charge in [-0.15, -0.1) is 0 Å². The molecule has 2 aliphatic rings. The summed E-state index contributed by atoms with van der Waals surface area (Å²) >= 11 is 0. The molecule has 0 unspecified atom stereocenters. The molecule has 3 aromatic rings. The highest BCUT2D eigenvalue weighted by atomic mass is 16.5. The Hall–Kier alpha value is -3.22. The Morgan fingerprint density at radius 3 is 2.73 bits per heavy atom. The van der Waals surface area contributed by atoms with E-state index in [9.17, 15) is 4.79 Å². The van der Waals surface area contributed by atoms with E-state index in [0.717, 1.165) is 35.5 Å². The Bertz CT molecular complexity index is 1080. The Kier molecular flexibility index (Phi) is 6.37. The number of carbonyl (C=O) groups is 1. The fourth-order valence-electron chi connectivity index (χ4n) is 5.25. The molecule has 1 aliphatic heterocycles. The molecule has 1 saturated heterocycles. The van der Waals surface area contributed by atoms with Gasteiger partial charge in [0.05, 0.1) is 13.0 Å². The molecule has 1 saturated carbocycles. The molecule has 1 aliphatic carbocycles. The first kappa shape index (κ1) is 21.6. The van der Waals surface area contributed by atoms with E-state index < -0.39 is 0 Å². The number of amides is 1. The minimum Gasteiger partial charge on any atom is -0.496 e. The van der Waals surface area contributed by atoms with Crippen LogP contribution < -0.4 is 4.74 Å². The number of carbonyl (C=O) groups excluding carboxylic acids is 1. The van der Waals surface area contributed by atoms with Crippen LogP contribution in [0.2, 0.25) is 0 Å². The molecule has 1 aromatic carbocycles. The van der Waals surface area contributed by atoms with Crippen molar-refractivity contribution in [3.05, 3.63) is 71.6 Å². The number of rotatable bonds is 7. The molecule has 7 nitrogen and oxygen atoms in total. The molecule has 3 heterocycles. The number of aryl methyl sites for hydroxylation is 1. The number of para-hydroxylation sites is 1. The SMILES string of the molecule is COc1ccccc1CCC(=O)N1C[C@@H](c2cccnc2)[C@H](c2nc(C3CCCC3)no2)C1. The topological polar surface area (TPSA) is 81.4 Å². The van der Waals surface area contributed by atoms with Gasteiger partial charge in [0.25, 0.3) is 0 Å². The van der Waals surface area contributed by atoms with Crippen molar-refractivity contribution in [2.75, 3.05) is 20.2 Å². The molecule has 2 atom stereocenters. The van der Waals surface area contributed by atoms with Crippen molar-refractivity contribution >= 4 is 5.91 Å². The molecule has 33 heavy (non-hydrogen) atoms. The zero-order chi connectivity index (χ0) is 22.6. The van der Waals surface area contributed by atoms with E-state index >= 15 is 0 Å². The molecule has 1 amide bonds. The molecular formula is C26H30N4O3. The quantitative estimate of drug-likeness (QED) is 0.533. The van der Waals surface area contributed by atoms with Gasteiger partial charge in [-0.05, 0) is 42.5 Å². The molecule has 2 fully saturated rings. The number of methoxy groups -OCH3 is 1. The number of pyridine rings is 1. The lowest BCUT2D eigenvalue weighted by Crippen LogP contribution is -2.29. The normalized spacial score (nSPS) is 20.9. The van der Waals surface area contributed by atoms with Crippen LogP contribution in [0, 0.1) is 0 Å². The van der Waals surface area contributed by atoms with Gasteiger partial charge in [-0.2, -0.15) is 4.98 Å². The van der Waals surface area contributed by atoms with E-state index in [1.54, 1.807) is 13.3 Å². The summed E-state index contributed by atoms with van der Waals surface area (Å²) in [5.41, 5.74) is 2.15. The predicted octanol–water partition coefficient (Wildman–Crippen LogP) is 4.47. The summed E-state index contributed by atoms with van der Waals surface area (Å²) in [7, 11) is 1.66. The second kappa shape index (κ2) is 9.73. The Morgan fingerprint density at radius 1 is 1.12 bits per heavy atom. The van der Waals surface area contributed by atoms with Crippen molar-refractivity contribution in [1.82, 2.24) is 20.0 Å². The smallest absolute Gasteiger partial charge is 0.232 e. The third-order valence-corrected chi connectivity index (χ3v) is 7.08. The largest absolute Gasteiger partial charge is 0.496 e. The number of likely N-dealkylation sites (tertiary alicyclic amines) is 1. The lowest BCUT2D eigenvalue weighted by atomic mass is 9.90. The maximum Gasteiger partial charge on any atom is 0.232 e. The van der Waals surface area contributed by atoms with Gasteiger partial charge < -0.3 is 14.2 Å². The van der Waals surface area contributed by atoms with Gasteiger partial charge in [0.1, 0.15) is 5.75 Å². The van der Waals surface area contributed by atoms with Gasteiger partial charge in [-0.1, -0.05) is 42.3 Å². The summed E-state index contributed by atoms with van der Waals surface area (Å²) in [5.74, 6) is 2.90. The summed E-state index contributed by atoms with van der Waals surface area (Å²) in [6.45, 7) is 1.21. The van der Waals surface area contributed by atoms with Crippen molar-refractivity contribution in [3.63, 3.8) is 0 Å². The van der Waals surface area contributed by atoms with Crippen LogP contribution in [0.25, 0.3) is 0 Å². The van der Waals surface area contributed by atoms with Crippen LogP contribution in [-0.4, -0.2) is 46.1 Å². The number of nitrogens with zero attached hydrogens (tertiary/aromatic N) is 4. The van der Waals surface area contributed by atoms with Gasteiger partial charge in [0, 0.05) is 43.7 Å². The highest BCUT2D eigenvalue weighted by Gasteiger charge is 2.40. The summed E-state index contributed by atoms with van der Waals surface area (Å²) in [4.78, 5) is 24.2. The predicted molar refractivity (Wildman–Crippen MR) is 123 cm³/mol. The van der Waals surface area contributed by atoms with Crippen molar-refractivity contribution in [2.45, 2.75) is 56.3 Å². The average Bonchev–Trinajstić information content (AvgIpc) is 3.63. The average molecular weight is 447 g/mol. The van der Waals surface area contributed by atoms with Crippen LogP contribution in [-0.2, 0) is 11.2 Å². The van der Waals surface area contributed by atoms with E-state index in [1.807, 2.05) is 41.4 Å². The monoisotopic (exact) mass is 446 g/mol. The minimum atomic E-state index is -0.0212. The molecule has 5 rings (SSSR count). The lowest BCUT2D eigenvalue weighted by molar-refractivity contribution is -0.130. The van der Waals surface area contributed by atoms with Crippen LogP contribution in [0.5, 0.6) is 5.75 Å². The van der Waals surface area contributed by atoms with E-state index in [1.165, 1.54) is 12.8 Å².